The molecular weight excluding hydrogens is 372 g/mol. The molecular formula is C17H13BrN4O2. The fourth-order valence-corrected chi connectivity index (χ4v) is 2.81. The number of nitrogens with one attached hydrogen (secondary N) is 2. The molecule has 4 aromatic rings. The van der Waals surface area contributed by atoms with Crippen molar-refractivity contribution in [3.63, 3.8) is 0 Å². The smallest absolute Gasteiger partial charge is 0.320 e. The number of anilines is 2. The maximum Gasteiger partial charge on any atom is 0.320 e. The first kappa shape index (κ1) is 14.8. The zero-order chi connectivity index (χ0) is 16.5. The first-order valence-electron chi connectivity index (χ1n) is 7.24. The Morgan fingerprint density at radius 1 is 1.12 bits per heavy atom. The Kier molecular flexibility index (Phi) is 3.70. The predicted molar refractivity (Wildman–Crippen MR) is 95.6 cm³/mol. The Morgan fingerprint density at radius 3 is 2.75 bits per heavy atom. The zero-order valence-electron chi connectivity index (χ0n) is 12.7. The lowest BCUT2D eigenvalue weighted by Gasteiger charge is -2.02. The van der Waals surface area contributed by atoms with E-state index in [0.29, 0.717) is 11.9 Å². The average molecular weight is 385 g/mol. The highest BCUT2D eigenvalue weighted by molar-refractivity contribution is 9.10. The van der Waals surface area contributed by atoms with Gasteiger partial charge in [0, 0.05) is 27.3 Å². The molecule has 0 radical (unpaired) electrons. The third-order valence-corrected chi connectivity index (χ3v) is 4.13. The van der Waals surface area contributed by atoms with E-state index in [1.807, 2.05) is 48.7 Å². The van der Waals surface area contributed by atoms with Crippen molar-refractivity contribution >= 4 is 38.5 Å². The molecule has 0 aliphatic rings. The number of ether oxygens (including phenoxy) is 1. The molecule has 2 aromatic heterocycles. The molecule has 6 nitrogen and oxygen atoms in total. The van der Waals surface area contributed by atoms with E-state index in [1.54, 1.807) is 7.11 Å². The predicted octanol–water partition coefficient (Wildman–Crippen LogP) is 4.73. The van der Waals surface area contributed by atoms with Crippen molar-refractivity contribution < 1.29 is 9.15 Å². The molecule has 0 spiro atoms. The van der Waals surface area contributed by atoms with Gasteiger partial charge < -0.3 is 19.5 Å². The van der Waals surface area contributed by atoms with E-state index >= 15 is 0 Å². The lowest BCUT2D eigenvalue weighted by molar-refractivity contribution is 0.415. The number of halogens is 1. The van der Waals surface area contributed by atoms with E-state index in [-0.39, 0.29) is 0 Å². The van der Waals surface area contributed by atoms with Crippen LogP contribution in [0.1, 0.15) is 0 Å². The second-order valence-corrected chi connectivity index (χ2v) is 6.07. The summed E-state index contributed by atoms with van der Waals surface area (Å²) < 4.78 is 11.9. The van der Waals surface area contributed by atoms with Crippen LogP contribution < -0.4 is 10.1 Å². The number of hydrogen-bond acceptors (Lipinski definition) is 5. The average Bonchev–Trinajstić information content (AvgIpc) is 3.22. The van der Waals surface area contributed by atoms with Crippen molar-refractivity contribution in [2.45, 2.75) is 0 Å². The molecule has 7 heteroatoms. The summed E-state index contributed by atoms with van der Waals surface area (Å²) in [4.78, 5) is 3.20. The second-order valence-electron chi connectivity index (χ2n) is 5.16. The number of hydrogen-bond donors (Lipinski definition) is 2. The maximum atomic E-state index is 5.74. The molecule has 0 saturated carbocycles. The van der Waals surface area contributed by atoms with Gasteiger partial charge in [0.2, 0.25) is 0 Å². The van der Waals surface area contributed by atoms with Crippen LogP contribution in [0.3, 0.4) is 0 Å². The number of rotatable bonds is 4. The minimum Gasteiger partial charge on any atom is -0.497 e. The molecule has 0 amide bonds. The van der Waals surface area contributed by atoms with Crippen molar-refractivity contribution in [2.75, 3.05) is 12.4 Å². The van der Waals surface area contributed by atoms with Crippen LogP contribution in [0.4, 0.5) is 11.7 Å². The molecule has 2 aromatic carbocycles. The van der Waals surface area contributed by atoms with Crippen LogP contribution in [-0.4, -0.2) is 22.3 Å². The van der Waals surface area contributed by atoms with Crippen LogP contribution in [0.5, 0.6) is 5.75 Å². The van der Waals surface area contributed by atoms with E-state index in [4.69, 9.17) is 9.15 Å². The fourth-order valence-electron chi connectivity index (χ4n) is 2.45. The van der Waals surface area contributed by atoms with Gasteiger partial charge in [-0.1, -0.05) is 21.0 Å². The van der Waals surface area contributed by atoms with Crippen molar-refractivity contribution in [1.82, 2.24) is 15.2 Å². The van der Waals surface area contributed by atoms with Gasteiger partial charge in [0.15, 0.2) is 0 Å². The Balaban J connectivity index is 1.62. The minimum absolute atomic E-state index is 0.333. The van der Waals surface area contributed by atoms with Gasteiger partial charge in [-0.3, -0.25) is 0 Å². The zero-order valence-corrected chi connectivity index (χ0v) is 14.3. The highest BCUT2D eigenvalue weighted by Crippen LogP contribution is 2.31. The lowest BCUT2D eigenvalue weighted by Crippen LogP contribution is -1.90. The summed E-state index contributed by atoms with van der Waals surface area (Å²) in [5, 5.41) is 12.3. The lowest BCUT2D eigenvalue weighted by atomic mass is 10.2. The van der Waals surface area contributed by atoms with Gasteiger partial charge in [-0.15, -0.1) is 5.10 Å². The summed E-state index contributed by atoms with van der Waals surface area (Å²) >= 11 is 3.48. The standard InChI is InChI=1S/C17H13BrN4O2/c1-23-12-5-3-11(4-6-12)20-17-22-21-16(24-17)14-9-19-15-7-2-10(18)8-13(14)15/h2-9,19H,1H3,(H,20,22). The molecule has 120 valence electrons. The monoisotopic (exact) mass is 384 g/mol. The summed E-state index contributed by atoms with van der Waals surface area (Å²) in [5.41, 5.74) is 2.71. The van der Waals surface area contributed by atoms with Gasteiger partial charge in [0.1, 0.15) is 5.75 Å². The van der Waals surface area contributed by atoms with E-state index in [0.717, 1.165) is 32.4 Å². The highest BCUT2D eigenvalue weighted by atomic mass is 79.9. The molecule has 0 atom stereocenters. The summed E-state index contributed by atoms with van der Waals surface area (Å²) in [6.45, 7) is 0. The second kappa shape index (κ2) is 6.01. The van der Waals surface area contributed by atoms with Crippen LogP contribution in [-0.2, 0) is 0 Å². The minimum atomic E-state index is 0.333. The first-order valence-corrected chi connectivity index (χ1v) is 8.04. The highest BCUT2D eigenvalue weighted by Gasteiger charge is 2.13. The molecule has 0 aliphatic carbocycles. The van der Waals surface area contributed by atoms with Crippen molar-refractivity contribution in [1.29, 1.82) is 0 Å². The number of aromatic amines is 1. The Morgan fingerprint density at radius 2 is 1.96 bits per heavy atom. The van der Waals surface area contributed by atoms with Gasteiger partial charge in [-0.05, 0) is 42.5 Å². The summed E-state index contributed by atoms with van der Waals surface area (Å²) in [6.07, 6.45) is 1.86. The third kappa shape index (κ3) is 2.74. The quantitative estimate of drug-likeness (QED) is 0.531. The van der Waals surface area contributed by atoms with Crippen LogP contribution in [0, 0.1) is 0 Å². The summed E-state index contributed by atoms with van der Waals surface area (Å²) in [6, 6.07) is 13.8. The van der Waals surface area contributed by atoms with Crippen LogP contribution in [0.2, 0.25) is 0 Å². The molecule has 2 N–H and O–H groups in total. The fraction of sp³-hybridized carbons (Fsp3) is 0.0588. The number of fused-ring (bicyclic) bond motifs is 1. The Labute approximate surface area is 146 Å². The molecule has 0 bridgehead atoms. The SMILES string of the molecule is COc1ccc(Nc2nnc(-c3c[nH]c4ccc(Br)cc34)o2)cc1. The molecule has 0 fully saturated rings. The molecule has 24 heavy (non-hydrogen) atoms. The number of aromatic nitrogens is 3. The largest absolute Gasteiger partial charge is 0.497 e. The van der Waals surface area contributed by atoms with Crippen molar-refractivity contribution in [3.8, 4) is 17.2 Å². The topological polar surface area (TPSA) is 76.0 Å². The molecule has 0 saturated heterocycles. The van der Waals surface area contributed by atoms with E-state index in [1.165, 1.54) is 0 Å². The third-order valence-electron chi connectivity index (χ3n) is 3.64. The van der Waals surface area contributed by atoms with Gasteiger partial charge in [0.05, 0.1) is 12.7 Å². The van der Waals surface area contributed by atoms with Crippen LogP contribution in [0.25, 0.3) is 22.4 Å². The van der Waals surface area contributed by atoms with E-state index in [2.05, 4.69) is 36.4 Å². The number of H-pyrrole nitrogens is 1. The van der Waals surface area contributed by atoms with Crippen LogP contribution >= 0.6 is 15.9 Å². The number of benzene rings is 2. The van der Waals surface area contributed by atoms with Gasteiger partial charge in [-0.2, -0.15) is 0 Å². The van der Waals surface area contributed by atoms with Gasteiger partial charge in [0.25, 0.3) is 5.89 Å². The molecule has 2 heterocycles. The van der Waals surface area contributed by atoms with E-state index in [9.17, 15) is 0 Å². The molecule has 0 unspecified atom stereocenters. The Hall–Kier alpha value is -2.80. The summed E-state index contributed by atoms with van der Waals surface area (Å²) in [5.74, 6) is 1.24. The first-order chi connectivity index (χ1) is 11.7. The van der Waals surface area contributed by atoms with Gasteiger partial charge in [-0.25, -0.2) is 0 Å². The van der Waals surface area contributed by atoms with E-state index < -0.39 is 0 Å². The molecule has 4 rings (SSSR count). The number of methoxy groups -OCH3 is 1. The molecule has 0 aliphatic heterocycles. The maximum absolute atomic E-state index is 5.74. The van der Waals surface area contributed by atoms with Gasteiger partial charge >= 0.3 is 6.01 Å². The van der Waals surface area contributed by atoms with Crippen molar-refractivity contribution in [2.24, 2.45) is 0 Å². The van der Waals surface area contributed by atoms with Crippen molar-refractivity contribution in [3.05, 3.63) is 53.1 Å². The Bertz CT molecular complexity index is 991. The summed E-state index contributed by atoms with van der Waals surface area (Å²) in [7, 11) is 1.63. The normalized spacial score (nSPS) is 10.9. The van der Waals surface area contributed by atoms with Crippen LogP contribution in [0.15, 0.2) is 57.6 Å². The number of nitrogens with zero attached hydrogens (tertiary/aromatic N) is 2.